The fraction of sp³-hybridized carbons (Fsp3) is 0.261. The van der Waals surface area contributed by atoms with Crippen LogP contribution in [0.3, 0.4) is 0 Å². The number of H-pyrrole nitrogens is 1. The molecule has 31 heavy (non-hydrogen) atoms. The second-order valence-electron chi connectivity index (χ2n) is 7.54. The molecule has 0 bridgehead atoms. The molecule has 0 fully saturated rings. The third kappa shape index (κ3) is 4.52. The summed E-state index contributed by atoms with van der Waals surface area (Å²) in [7, 11) is 0. The molecule has 1 heterocycles. The minimum atomic E-state index is -4.44. The van der Waals surface area contributed by atoms with Gasteiger partial charge >= 0.3 is 6.18 Å². The highest BCUT2D eigenvalue weighted by atomic mass is 19.4. The molecule has 8 heteroatoms. The number of fused-ring (bicyclic) bond motifs is 1. The number of carbonyl (C=O) groups excluding carboxylic acids is 1. The number of aromatic nitrogens is 2. The van der Waals surface area contributed by atoms with Crippen LogP contribution < -0.4 is 10.9 Å². The number of carbonyl (C=O) groups is 1. The lowest BCUT2D eigenvalue weighted by molar-refractivity contribution is -0.137. The van der Waals surface area contributed by atoms with E-state index in [9.17, 15) is 22.8 Å². The second-order valence-corrected chi connectivity index (χ2v) is 7.54. The summed E-state index contributed by atoms with van der Waals surface area (Å²) in [6, 6.07) is 11.9. The number of nitrogens with zero attached hydrogens (tertiary/aromatic N) is 1. The van der Waals surface area contributed by atoms with Gasteiger partial charge in [0.2, 0.25) is 5.91 Å². The van der Waals surface area contributed by atoms with Gasteiger partial charge in [-0.3, -0.25) is 9.59 Å². The Morgan fingerprint density at radius 2 is 1.87 bits per heavy atom. The van der Waals surface area contributed by atoms with Crippen molar-refractivity contribution in [2.24, 2.45) is 5.92 Å². The van der Waals surface area contributed by atoms with E-state index >= 15 is 0 Å². The molecular weight excluding hydrogens is 407 g/mol. The quantitative estimate of drug-likeness (QED) is 0.610. The summed E-state index contributed by atoms with van der Waals surface area (Å²) >= 11 is 0. The van der Waals surface area contributed by atoms with Crippen molar-refractivity contribution in [2.75, 3.05) is 0 Å². The van der Waals surface area contributed by atoms with E-state index in [0.717, 1.165) is 12.1 Å². The number of rotatable bonds is 4. The summed E-state index contributed by atoms with van der Waals surface area (Å²) in [5.41, 5.74) is -0.101. The number of benzene rings is 2. The van der Waals surface area contributed by atoms with Crippen LogP contribution in [-0.4, -0.2) is 15.9 Å². The van der Waals surface area contributed by atoms with Gasteiger partial charge in [-0.15, -0.1) is 0 Å². The average Bonchev–Trinajstić information content (AvgIpc) is 2.77. The Balaban J connectivity index is 1.54. The lowest BCUT2D eigenvalue weighted by Gasteiger charge is -2.27. The summed E-state index contributed by atoms with van der Waals surface area (Å²) < 4.78 is 38.7. The van der Waals surface area contributed by atoms with Gasteiger partial charge in [0, 0.05) is 12.5 Å². The normalized spacial score (nSPS) is 18.8. The largest absolute Gasteiger partial charge is 0.416 e. The van der Waals surface area contributed by atoms with Gasteiger partial charge in [0.15, 0.2) is 0 Å². The van der Waals surface area contributed by atoms with Crippen molar-refractivity contribution in [2.45, 2.75) is 31.5 Å². The number of nitrogens with one attached hydrogen (secondary N) is 2. The van der Waals surface area contributed by atoms with E-state index in [4.69, 9.17) is 0 Å². The van der Waals surface area contributed by atoms with E-state index in [1.54, 1.807) is 24.3 Å². The highest BCUT2D eigenvalue weighted by molar-refractivity contribution is 5.80. The van der Waals surface area contributed by atoms with E-state index in [0.29, 0.717) is 35.1 Å². The fourth-order valence-electron chi connectivity index (χ4n) is 3.86. The Morgan fingerprint density at radius 3 is 2.68 bits per heavy atom. The maximum atomic E-state index is 12.9. The molecule has 3 aromatic rings. The van der Waals surface area contributed by atoms with Crippen LogP contribution >= 0.6 is 0 Å². The van der Waals surface area contributed by atoms with E-state index in [-0.39, 0.29) is 23.9 Å². The van der Waals surface area contributed by atoms with Crippen LogP contribution in [0.2, 0.25) is 0 Å². The van der Waals surface area contributed by atoms with Crippen LogP contribution in [0.25, 0.3) is 10.9 Å². The average molecular weight is 427 g/mol. The maximum absolute atomic E-state index is 12.9. The van der Waals surface area contributed by atoms with Gasteiger partial charge in [0.05, 0.1) is 22.4 Å². The predicted octanol–water partition coefficient (Wildman–Crippen LogP) is 4.31. The molecule has 2 N–H and O–H groups in total. The Morgan fingerprint density at radius 1 is 1.10 bits per heavy atom. The molecule has 1 aliphatic rings. The van der Waals surface area contributed by atoms with Crippen molar-refractivity contribution in [1.82, 2.24) is 15.3 Å². The van der Waals surface area contributed by atoms with Gasteiger partial charge in [-0.25, -0.2) is 4.98 Å². The standard InChI is InChI=1S/C23H20F3N3O2/c24-23(25,26)15-7-5-6-14(12-15)13-27-21(30)17-9-2-1-8-16(17)20-28-19-11-4-3-10-18(19)22(31)29-20/h1-7,10-12,16-17H,8-9,13H2,(H,27,30)(H,28,29,31)/t16-,17-/m1/s1. The predicted molar refractivity (Wildman–Crippen MR) is 110 cm³/mol. The zero-order valence-electron chi connectivity index (χ0n) is 16.4. The molecule has 0 spiro atoms. The Hall–Kier alpha value is -3.42. The number of alkyl halides is 3. The molecule has 1 amide bonds. The molecule has 2 atom stereocenters. The molecule has 0 saturated carbocycles. The van der Waals surface area contributed by atoms with Crippen LogP contribution in [0.15, 0.2) is 65.5 Å². The van der Waals surface area contributed by atoms with Crippen molar-refractivity contribution >= 4 is 16.8 Å². The van der Waals surface area contributed by atoms with E-state index in [1.807, 2.05) is 12.2 Å². The second kappa shape index (κ2) is 8.37. The zero-order valence-corrected chi connectivity index (χ0v) is 16.4. The number of aromatic amines is 1. The number of halogens is 3. The van der Waals surface area contributed by atoms with Crippen LogP contribution in [0.1, 0.15) is 35.7 Å². The third-order valence-electron chi connectivity index (χ3n) is 5.47. The molecule has 2 aromatic carbocycles. The summed E-state index contributed by atoms with van der Waals surface area (Å²) in [6.45, 7) is -0.0165. The fourth-order valence-corrected chi connectivity index (χ4v) is 3.86. The van der Waals surface area contributed by atoms with Crippen molar-refractivity contribution < 1.29 is 18.0 Å². The van der Waals surface area contributed by atoms with Crippen molar-refractivity contribution in [3.63, 3.8) is 0 Å². The smallest absolute Gasteiger partial charge is 0.352 e. The highest BCUT2D eigenvalue weighted by Gasteiger charge is 2.33. The van der Waals surface area contributed by atoms with Gasteiger partial charge in [0.25, 0.3) is 5.56 Å². The molecule has 0 unspecified atom stereocenters. The number of amides is 1. The molecule has 0 aliphatic heterocycles. The maximum Gasteiger partial charge on any atom is 0.416 e. The lowest BCUT2D eigenvalue weighted by atomic mass is 9.81. The monoisotopic (exact) mass is 427 g/mol. The minimum absolute atomic E-state index is 0.0165. The van der Waals surface area contributed by atoms with Gasteiger partial charge in [-0.05, 0) is 42.7 Å². The molecule has 5 nitrogen and oxygen atoms in total. The number of hydrogen-bond acceptors (Lipinski definition) is 3. The molecular formula is C23H20F3N3O2. The van der Waals surface area contributed by atoms with Crippen LogP contribution in [0.4, 0.5) is 13.2 Å². The Labute approximate surface area is 176 Å². The van der Waals surface area contributed by atoms with Gasteiger partial charge in [-0.1, -0.05) is 36.4 Å². The highest BCUT2D eigenvalue weighted by Crippen LogP contribution is 2.33. The molecule has 1 aliphatic carbocycles. The SMILES string of the molecule is O=C(NCc1cccc(C(F)(F)F)c1)[C@@H]1CC=CC[C@H]1c1nc2ccccc2c(=O)[nH]1. The first kappa shape index (κ1) is 20.8. The lowest BCUT2D eigenvalue weighted by Crippen LogP contribution is -2.35. The summed E-state index contributed by atoms with van der Waals surface area (Å²) in [4.78, 5) is 32.7. The van der Waals surface area contributed by atoms with Gasteiger partial charge in [-0.2, -0.15) is 13.2 Å². The van der Waals surface area contributed by atoms with E-state index in [2.05, 4.69) is 15.3 Å². The molecule has 4 rings (SSSR count). The van der Waals surface area contributed by atoms with Crippen LogP contribution in [0.5, 0.6) is 0 Å². The number of allylic oxidation sites excluding steroid dienone is 2. The first-order valence-corrected chi connectivity index (χ1v) is 9.91. The van der Waals surface area contributed by atoms with Crippen molar-refractivity contribution in [3.05, 3.63) is 88.0 Å². The number of hydrogen-bond donors (Lipinski definition) is 2. The van der Waals surface area contributed by atoms with Gasteiger partial charge < -0.3 is 10.3 Å². The molecule has 0 radical (unpaired) electrons. The Kier molecular flexibility index (Phi) is 5.63. The van der Waals surface area contributed by atoms with Crippen LogP contribution in [-0.2, 0) is 17.5 Å². The summed E-state index contributed by atoms with van der Waals surface area (Å²) in [6.07, 6.45) is 0.381. The van der Waals surface area contributed by atoms with Crippen molar-refractivity contribution in [3.8, 4) is 0 Å². The van der Waals surface area contributed by atoms with Crippen molar-refractivity contribution in [1.29, 1.82) is 0 Å². The number of para-hydroxylation sites is 1. The molecule has 1 aromatic heterocycles. The van der Waals surface area contributed by atoms with Gasteiger partial charge in [0.1, 0.15) is 5.82 Å². The first-order chi connectivity index (χ1) is 14.8. The summed E-state index contributed by atoms with van der Waals surface area (Å²) in [5.74, 6) is -0.668. The minimum Gasteiger partial charge on any atom is -0.352 e. The molecule has 0 saturated heterocycles. The Bertz CT molecular complexity index is 1200. The topological polar surface area (TPSA) is 74.8 Å². The molecule has 160 valence electrons. The first-order valence-electron chi connectivity index (χ1n) is 9.91. The van der Waals surface area contributed by atoms with E-state index < -0.39 is 17.7 Å². The zero-order chi connectivity index (χ0) is 22.0. The van der Waals surface area contributed by atoms with E-state index in [1.165, 1.54) is 12.1 Å². The summed E-state index contributed by atoms with van der Waals surface area (Å²) in [5, 5.41) is 3.21. The third-order valence-corrected chi connectivity index (χ3v) is 5.47. The van der Waals surface area contributed by atoms with Crippen LogP contribution in [0, 0.1) is 5.92 Å².